The topological polar surface area (TPSA) is 260 Å². The molecule has 2 aliphatic heterocycles. The second-order valence-corrected chi connectivity index (χ2v) is 11.9. The van der Waals surface area contributed by atoms with Crippen molar-refractivity contribution in [1.82, 2.24) is 44.1 Å². The first-order valence-corrected chi connectivity index (χ1v) is 14.5. The molecule has 2 saturated heterocycles. The molecule has 19 nitrogen and oxygen atoms in total. The van der Waals surface area contributed by atoms with E-state index >= 15 is 4.39 Å². The van der Waals surface area contributed by atoms with Crippen LogP contribution in [-0.4, -0.2) is 97.2 Å². The summed E-state index contributed by atoms with van der Waals surface area (Å²) in [6, 6.07) is 0. The molecule has 8 N–H and O–H groups in total. The minimum atomic E-state index is -4.11. The van der Waals surface area contributed by atoms with Crippen molar-refractivity contribution >= 4 is 52.6 Å². The number of fused-ring (bicyclic) bond motifs is 2. The van der Waals surface area contributed by atoms with Crippen molar-refractivity contribution in [3.63, 3.8) is 0 Å². The highest BCUT2D eigenvalue weighted by Gasteiger charge is 2.46. The lowest BCUT2D eigenvalue weighted by molar-refractivity contribution is -0.240. The van der Waals surface area contributed by atoms with Crippen LogP contribution >= 0.6 is 6.72 Å². The van der Waals surface area contributed by atoms with Gasteiger partial charge < -0.3 is 35.8 Å². The highest BCUT2D eigenvalue weighted by atomic mass is 32.5. The quantitative estimate of drug-likeness (QED) is 0.122. The molecule has 0 spiro atoms. The molecule has 6 rings (SSSR count). The highest BCUT2D eigenvalue weighted by molar-refractivity contribution is 8.07. The number of aromatic nitrogens is 8. The molecule has 220 valence electrons. The highest BCUT2D eigenvalue weighted by Crippen LogP contribution is 2.50. The minimum Gasteiger partial charge on any atom is -0.394 e. The van der Waals surface area contributed by atoms with E-state index < -0.39 is 56.1 Å². The number of nitrogens with one attached hydrogen (secondary N) is 1. The fourth-order valence-electron chi connectivity index (χ4n) is 4.57. The number of rotatable bonds is 8. The number of aliphatic hydroxyl groups excluding tert-OH is 2. The van der Waals surface area contributed by atoms with E-state index in [2.05, 4.69) is 29.9 Å². The zero-order valence-electron chi connectivity index (χ0n) is 20.7. The summed E-state index contributed by atoms with van der Waals surface area (Å²) in [6.45, 7) is -5.19. The number of anilines is 2. The monoisotopic (exact) mass is 615 g/mol. The zero-order chi connectivity index (χ0) is 29.1. The van der Waals surface area contributed by atoms with Gasteiger partial charge in [0.1, 0.15) is 24.7 Å². The summed E-state index contributed by atoms with van der Waals surface area (Å²) >= 11 is 5.15. The second kappa shape index (κ2) is 10.5. The predicted octanol–water partition coefficient (Wildman–Crippen LogP) is -1.62. The van der Waals surface area contributed by atoms with Crippen LogP contribution in [0, 0.1) is 0 Å². The molecule has 0 radical (unpaired) electrons. The van der Waals surface area contributed by atoms with Gasteiger partial charge >= 0.3 is 6.72 Å². The standard InChI is InChI=1S/C19H23FN11O8PS/c20-9-16(34)31(38-18(9)29-4-25-10-12(21)23-3-24-13(10)29)6-36-40(35,41)39-8-1-7(2-32)37-17(8)30-5-26-11-14(30)27-19(22)28-15(11)33/h3-5,7-9,16-18,32,34H,1-2,6H2,(H,35,41)(H2,21,23,24)(H3,22,27,28,33)/t7-,8?,9?,16?,17+,18+,40?/m0/s1. The Morgan fingerprint density at radius 2 is 1.90 bits per heavy atom. The number of H-pyrrole nitrogens is 1. The maximum Gasteiger partial charge on any atom is 0.326 e. The molecule has 7 atom stereocenters. The average Bonchev–Trinajstić information content (AvgIpc) is 3.69. The summed E-state index contributed by atoms with van der Waals surface area (Å²) in [7, 11) is 0. The lowest BCUT2D eigenvalue weighted by Crippen LogP contribution is -2.34. The van der Waals surface area contributed by atoms with E-state index in [1.165, 1.54) is 28.1 Å². The lowest BCUT2D eigenvalue weighted by Gasteiger charge is -2.26. The van der Waals surface area contributed by atoms with E-state index in [0.29, 0.717) is 0 Å². The molecule has 0 bridgehead atoms. The fourth-order valence-corrected chi connectivity index (χ4v) is 5.89. The van der Waals surface area contributed by atoms with Crippen molar-refractivity contribution in [2.75, 3.05) is 24.8 Å². The zero-order valence-corrected chi connectivity index (χ0v) is 22.4. The van der Waals surface area contributed by atoms with Gasteiger partial charge in [0, 0.05) is 6.42 Å². The summed E-state index contributed by atoms with van der Waals surface area (Å²) in [4.78, 5) is 50.9. The van der Waals surface area contributed by atoms with Crippen molar-refractivity contribution in [3.05, 3.63) is 29.3 Å². The maximum atomic E-state index is 15.1. The molecule has 6 heterocycles. The van der Waals surface area contributed by atoms with Crippen LogP contribution in [-0.2, 0) is 30.4 Å². The van der Waals surface area contributed by atoms with Crippen LogP contribution in [0.15, 0.2) is 23.8 Å². The molecule has 2 aliphatic rings. The Morgan fingerprint density at radius 1 is 1.17 bits per heavy atom. The average molecular weight is 616 g/mol. The van der Waals surface area contributed by atoms with E-state index in [9.17, 15) is 19.9 Å². The Balaban J connectivity index is 1.16. The van der Waals surface area contributed by atoms with E-state index in [1.54, 1.807) is 0 Å². The van der Waals surface area contributed by atoms with Crippen LogP contribution in [0.1, 0.15) is 18.9 Å². The Kier molecular flexibility index (Phi) is 7.18. The van der Waals surface area contributed by atoms with E-state index in [4.69, 9.17) is 41.9 Å². The lowest BCUT2D eigenvalue weighted by atomic mass is 10.2. The largest absolute Gasteiger partial charge is 0.394 e. The van der Waals surface area contributed by atoms with Crippen molar-refractivity contribution in [3.8, 4) is 0 Å². The van der Waals surface area contributed by atoms with Crippen LogP contribution in [0.2, 0.25) is 0 Å². The van der Waals surface area contributed by atoms with Crippen molar-refractivity contribution in [2.24, 2.45) is 0 Å². The third kappa shape index (κ3) is 5.05. The van der Waals surface area contributed by atoms with Gasteiger partial charge in [0.05, 0.1) is 25.4 Å². The third-order valence-electron chi connectivity index (χ3n) is 6.45. The molecule has 4 aromatic heterocycles. The number of nitrogens with two attached hydrogens (primary N) is 2. The van der Waals surface area contributed by atoms with Gasteiger partial charge in [0.2, 0.25) is 5.95 Å². The van der Waals surface area contributed by atoms with E-state index in [1.807, 2.05) is 0 Å². The molecule has 0 aromatic carbocycles. The molecule has 4 unspecified atom stereocenters. The van der Waals surface area contributed by atoms with Gasteiger partial charge in [-0.2, -0.15) is 4.98 Å². The first kappa shape index (κ1) is 27.9. The molecule has 0 amide bonds. The maximum absolute atomic E-state index is 15.1. The van der Waals surface area contributed by atoms with E-state index in [0.717, 1.165) is 5.06 Å². The van der Waals surface area contributed by atoms with Gasteiger partial charge in [0.25, 0.3) is 5.56 Å². The molecule has 2 fully saturated rings. The molecule has 0 aliphatic carbocycles. The Hall–Kier alpha value is -3.24. The number of halogens is 1. The molecular formula is C19H23FN11O8PS. The number of hydrogen-bond acceptors (Lipinski definition) is 16. The van der Waals surface area contributed by atoms with Gasteiger partial charge in [0.15, 0.2) is 47.5 Å². The molecule has 22 heteroatoms. The van der Waals surface area contributed by atoms with Crippen molar-refractivity contribution in [2.45, 2.75) is 43.5 Å². The van der Waals surface area contributed by atoms with Gasteiger partial charge in [-0.3, -0.25) is 28.3 Å². The van der Waals surface area contributed by atoms with Gasteiger partial charge in [-0.05, 0) is 11.8 Å². The van der Waals surface area contributed by atoms with E-state index in [-0.39, 0.29) is 47.1 Å². The first-order valence-electron chi connectivity index (χ1n) is 11.9. The Bertz CT molecular complexity index is 1700. The normalized spacial score (nSPS) is 28.6. The number of imidazole rings is 2. The van der Waals surface area contributed by atoms with Crippen LogP contribution in [0.3, 0.4) is 0 Å². The van der Waals surface area contributed by atoms with Gasteiger partial charge in [-0.25, -0.2) is 24.3 Å². The smallest absolute Gasteiger partial charge is 0.326 e. The van der Waals surface area contributed by atoms with Crippen LogP contribution in [0.25, 0.3) is 22.3 Å². The SMILES string of the molecule is Nc1nc2c(ncn2[C@@H]2O[C@H](CO)CC2OP(O)(=S)OCN2O[C@@H](n3cnc4c(N)ncnc43)C(F)C2O)c(=O)[nH]1. The molecule has 0 saturated carbocycles. The number of aliphatic hydroxyl groups is 2. The minimum absolute atomic E-state index is 0.0241. The summed E-state index contributed by atoms with van der Waals surface area (Å²) in [5.41, 5.74) is 11.3. The number of nitrogen functional groups attached to an aromatic ring is 2. The fraction of sp³-hybridized carbons (Fsp3) is 0.474. The van der Waals surface area contributed by atoms with Gasteiger partial charge in [-0.1, -0.05) is 0 Å². The second-order valence-electron chi connectivity index (χ2n) is 9.07. The van der Waals surface area contributed by atoms with Crippen molar-refractivity contribution < 1.29 is 38.1 Å². The number of alkyl halides is 1. The van der Waals surface area contributed by atoms with Gasteiger partial charge in [-0.15, -0.1) is 5.06 Å². The number of aromatic amines is 1. The number of ether oxygens (including phenoxy) is 1. The van der Waals surface area contributed by atoms with Crippen molar-refractivity contribution in [1.29, 1.82) is 0 Å². The Morgan fingerprint density at radius 3 is 2.66 bits per heavy atom. The van der Waals surface area contributed by atoms with Crippen LogP contribution in [0.5, 0.6) is 0 Å². The summed E-state index contributed by atoms with van der Waals surface area (Å²) in [5.74, 6) is -0.0873. The summed E-state index contributed by atoms with van der Waals surface area (Å²) < 4.78 is 34.5. The number of nitrogens with zero attached hydrogens (tertiary/aromatic N) is 8. The third-order valence-corrected chi connectivity index (χ3v) is 8.00. The molecule has 41 heavy (non-hydrogen) atoms. The summed E-state index contributed by atoms with van der Waals surface area (Å²) in [5, 5.41) is 20.8. The van der Waals surface area contributed by atoms with Crippen LogP contribution in [0.4, 0.5) is 16.2 Å². The van der Waals surface area contributed by atoms with Crippen LogP contribution < -0.4 is 17.0 Å². The summed E-state index contributed by atoms with van der Waals surface area (Å²) in [6.07, 6.45) is -4.24. The molecular weight excluding hydrogens is 592 g/mol. The number of hydroxylamine groups is 2. The predicted molar refractivity (Wildman–Crippen MR) is 138 cm³/mol. The number of hydrogen-bond donors (Lipinski definition) is 6. The first-order chi connectivity index (χ1) is 19.6. The molecule has 4 aromatic rings. The Labute approximate surface area is 232 Å².